The van der Waals surface area contributed by atoms with Crippen LogP contribution in [0.1, 0.15) is 12.8 Å². The normalized spacial score (nSPS) is 19.2. The Bertz CT molecular complexity index is 533. The zero-order valence-electron chi connectivity index (χ0n) is 10.0. The molecular weight excluding hydrogens is 375 g/mol. The quantitative estimate of drug-likeness (QED) is 0.831. The first-order valence-electron chi connectivity index (χ1n) is 5.67. The van der Waals surface area contributed by atoms with Crippen molar-refractivity contribution in [1.29, 1.82) is 0 Å². The summed E-state index contributed by atoms with van der Waals surface area (Å²) in [5.41, 5.74) is 0. The molecule has 1 fully saturated rings. The molecule has 108 valence electrons. The van der Waals surface area contributed by atoms with Crippen LogP contribution in [-0.4, -0.2) is 27.5 Å². The molecule has 0 saturated carbocycles. The molecule has 1 unspecified atom stereocenters. The lowest BCUT2D eigenvalue weighted by atomic mass is 10.2. The molecule has 1 saturated heterocycles. The minimum atomic E-state index is -3.48. The number of sulfonamides is 1. The van der Waals surface area contributed by atoms with Crippen LogP contribution in [0.25, 0.3) is 0 Å². The molecule has 2 rings (SSSR count). The molecule has 1 aromatic carbocycles. The van der Waals surface area contributed by atoms with Crippen LogP contribution in [0, 0.1) is 0 Å². The Labute approximate surface area is 132 Å². The van der Waals surface area contributed by atoms with E-state index in [0.29, 0.717) is 16.0 Å². The Morgan fingerprint density at radius 3 is 2.79 bits per heavy atom. The molecule has 19 heavy (non-hydrogen) atoms. The topological polar surface area (TPSA) is 58.2 Å². The number of benzene rings is 1. The largest absolute Gasteiger partial charge is 0.313 e. The van der Waals surface area contributed by atoms with Crippen molar-refractivity contribution in [3.05, 3.63) is 27.7 Å². The standard InChI is InChI=1S/C11H14BrClN2O2S.ClH/c12-10-4-3-9(6-11(10)13)18(16,17)15-7-8-2-1-5-14-8;/h3-4,6,8,14-15H,1-2,5,7H2;1H. The van der Waals surface area contributed by atoms with Gasteiger partial charge in [-0.25, -0.2) is 13.1 Å². The highest BCUT2D eigenvalue weighted by Crippen LogP contribution is 2.25. The summed E-state index contributed by atoms with van der Waals surface area (Å²) < 4.78 is 27.4. The van der Waals surface area contributed by atoms with Gasteiger partial charge in [0.05, 0.1) is 9.92 Å². The van der Waals surface area contributed by atoms with E-state index in [-0.39, 0.29) is 23.3 Å². The second kappa shape index (κ2) is 7.24. The van der Waals surface area contributed by atoms with Crippen molar-refractivity contribution in [1.82, 2.24) is 10.0 Å². The van der Waals surface area contributed by atoms with Crippen molar-refractivity contribution in [2.45, 2.75) is 23.8 Å². The molecule has 1 aliphatic heterocycles. The third-order valence-corrected chi connectivity index (χ3v) is 5.54. The summed E-state index contributed by atoms with van der Waals surface area (Å²) in [6.07, 6.45) is 2.10. The van der Waals surface area contributed by atoms with E-state index in [1.165, 1.54) is 12.1 Å². The highest BCUT2D eigenvalue weighted by Gasteiger charge is 2.19. The first-order chi connectivity index (χ1) is 8.49. The van der Waals surface area contributed by atoms with Gasteiger partial charge < -0.3 is 5.32 Å². The maximum absolute atomic E-state index is 12.0. The maximum Gasteiger partial charge on any atom is 0.240 e. The second-order valence-corrected chi connectivity index (χ2v) is 7.25. The number of hydrogen-bond donors (Lipinski definition) is 2. The van der Waals surface area contributed by atoms with Crippen LogP contribution >= 0.6 is 39.9 Å². The monoisotopic (exact) mass is 388 g/mol. The summed E-state index contributed by atoms with van der Waals surface area (Å²) in [6, 6.07) is 4.83. The summed E-state index contributed by atoms with van der Waals surface area (Å²) in [7, 11) is -3.48. The molecule has 8 heteroatoms. The Balaban J connectivity index is 0.00000180. The van der Waals surface area contributed by atoms with Crippen molar-refractivity contribution < 1.29 is 8.42 Å². The molecule has 1 aromatic rings. The molecule has 0 bridgehead atoms. The lowest BCUT2D eigenvalue weighted by molar-refractivity contribution is 0.552. The van der Waals surface area contributed by atoms with Crippen molar-refractivity contribution in [3.63, 3.8) is 0 Å². The lowest BCUT2D eigenvalue weighted by Gasteiger charge is -2.12. The fraction of sp³-hybridized carbons (Fsp3) is 0.455. The molecule has 0 spiro atoms. The summed E-state index contributed by atoms with van der Waals surface area (Å²) in [5.74, 6) is 0. The van der Waals surface area contributed by atoms with Crippen LogP contribution in [-0.2, 0) is 10.0 Å². The van der Waals surface area contributed by atoms with Gasteiger partial charge in [-0.2, -0.15) is 0 Å². The zero-order valence-corrected chi connectivity index (χ0v) is 14.0. The molecule has 0 radical (unpaired) electrons. The SMILES string of the molecule is Cl.O=S(=O)(NCC1CCCN1)c1ccc(Br)c(Cl)c1. The summed E-state index contributed by atoms with van der Waals surface area (Å²) >= 11 is 9.13. The fourth-order valence-electron chi connectivity index (χ4n) is 1.87. The predicted molar refractivity (Wildman–Crippen MR) is 82.6 cm³/mol. The number of nitrogens with one attached hydrogen (secondary N) is 2. The van der Waals surface area contributed by atoms with Crippen LogP contribution in [0.2, 0.25) is 5.02 Å². The van der Waals surface area contributed by atoms with Gasteiger partial charge in [-0.1, -0.05) is 11.6 Å². The van der Waals surface area contributed by atoms with Crippen LogP contribution in [0.15, 0.2) is 27.6 Å². The number of halogens is 3. The van der Waals surface area contributed by atoms with E-state index >= 15 is 0 Å². The molecular formula is C11H15BrCl2N2O2S. The van der Waals surface area contributed by atoms with Gasteiger partial charge in [-0.05, 0) is 53.5 Å². The van der Waals surface area contributed by atoms with E-state index in [2.05, 4.69) is 26.0 Å². The summed E-state index contributed by atoms with van der Waals surface area (Å²) in [5, 5.41) is 3.63. The molecule has 0 aliphatic carbocycles. The number of hydrogen-bond acceptors (Lipinski definition) is 3. The van der Waals surface area contributed by atoms with Gasteiger partial charge in [0.1, 0.15) is 0 Å². The van der Waals surface area contributed by atoms with Gasteiger partial charge in [0.2, 0.25) is 10.0 Å². The Kier molecular flexibility index (Phi) is 6.56. The third kappa shape index (κ3) is 4.58. The van der Waals surface area contributed by atoms with Crippen molar-refractivity contribution in [2.24, 2.45) is 0 Å². The van der Waals surface area contributed by atoms with Crippen LogP contribution in [0.5, 0.6) is 0 Å². The van der Waals surface area contributed by atoms with Crippen LogP contribution in [0.4, 0.5) is 0 Å². The van der Waals surface area contributed by atoms with Gasteiger partial charge in [0.15, 0.2) is 0 Å². The van der Waals surface area contributed by atoms with Crippen molar-refractivity contribution >= 4 is 50.0 Å². The smallest absolute Gasteiger partial charge is 0.240 e. The molecule has 2 N–H and O–H groups in total. The number of rotatable bonds is 4. The van der Waals surface area contributed by atoms with E-state index in [4.69, 9.17) is 11.6 Å². The van der Waals surface area contributed by atoms with E-state index in [1.807, 2.05) is 0 Å². The fourth-order valence-corrected chi connectivity index (χ4v) is 3.47. The van der Waals surface area contributed by atoms with Gasteiger partial charge >= 0.3 is 0 Å². The average molecular weight is 390 g/mol. The third-order valence-electron chi connectivity index (χ3n) is 2.88. The average Bonchev–Trinajstić information content (AvgIpc) is 2.83. The van der Waals surface area contributed by atoms with E-state index in [0.717, 1.165) is 19.4 Å². The van der Waals surface area contributed by atoms with Gasteiger partial charge in [-0.3, -0.25) is 0 Å². The van der Waals surface area contributed by atoms with Crippen molar-refractivity contribution in [3.8, 4) is 0 Å². The minimum Gasteiger partial charge on any atom is -0.313 e. The van der Waals surface area contributed by atoms with E-state index in [9.17, 15) is 8.42 Å². The first-order valence-corrected chi connectivity index (χ1v) is 8.32. The van der Waals surface area contributed by atoms with Crippen LogP contribution in [0.3, 0.4) is 0 Å². The molecule has 0 aromatic heterocycles. The zero-order chi connectivity index (χ0) is 13.2. The van der Waals surface area contributed by atoms with E-state index in [1.54, 1.807) is 6.07 Å². The van der Waals surface area contributed by atoms with Gasteiger partial charge in [0, 0.05) is 17.1 Å². The first kappa shape index (κ1) is 17.2. The Hall–Kier alpha value is 0.150. The predicted octanol–water partition coefficient (Wildman–Crippen LogP) is 2.55. The van der Waals surface area contributed by atoms with Crippen LogP contribution < -0.4 is 10.0 Å². The maximum atomic E-state index is 12.0. The Morgan fingerprint density at radius 1 is 1.47 bits per heavy atom. The highest BCUT2D eigenvalue weighted by molar-refractivity contribution is 9.10. The molecule has 1 heterocycles. The molecule has 0 amide bonds. The van der Waals surface area contributed by atoms with Gasteiger partial charge in [0.25, 0.3) is 0 Å². The minimum absolute atomic E-state index is 0. The molecule has 1 aliphatic rings. The summed E-state index contributed by atoms with van der Waals surface area (Å²) in [6.45, 7) is 1.37. The lowest BCUT2D eigenvalue weighted by Crippen LogP contribution is -2.37. The van der Waals surface area contributed by atoms with E-state index < -0.39 is 10.0 Å². The second-order valence-electron chi connectivity index (χ2n) is 4.22. The molecule has 1 atom stereocenters. The van der Waals surface area contributed by atoms with Crippen molar-refractivity contribution in [2.75, 3.05) is 13.1 Å². The molecule has 4 nitrogen and oxygen atoms in total. The summed E-state index contributed by atoms with van der Waals surface area (Å²) in [4.78, 5) is 0.189. The Morgan fingerprint density at radius 2 is 2.21 bits per heavy atom. The highest BCUT2D eigenvalue weighted by atomic mass is 79.9. The van der Waals surface area contributed by atoms with Gasteiger partial charge in [-0.15, -0.1) is 12.4 Å².